The fourth-order valence-corrected chi connectivity index (χ4v) is 3.69. The molecule has 0 saturated carbocycles. The van der Waals surface area contributed by atoms with Crippen LogP contribution in [0.15, 0.2) is 6.20 Å². The minimum absolute atomic E-state index is 0.0989. The first kappa shape index (κ1) is 18.3. The van der Waals surface area contributed by atoms with Crippen molar-refractivity contribution in [3.63, 3.8) is 0 Å². The lowest BCUT2D eigenvalue weighted by Crippen LogP contribution is -2.38. The summed E-state index contributed by atoms with van der Waals surface area (Å²) in [6.45, 7) is 8.35. The minimum atomic E-state index is -0.0989. The molecular formula is C18H25ClN6O2. The highest BCUT2D eigenvalue weighted by atomic mass is 35.5. The van der Waals surface area contributed by atoms with Gasteiger partial charge in [0.05, 0.1) is 24.0 Å². The number of rotatable bonds is 1. The second-order valence-corrected chi connectivity index (χ2v) is 7.89. The van der Waals surface area contributed by atoms with Gasteiger partial charge in [-0.2, -0.15) is 4.98 Å². The van der Waals surface area contributed by atoms with Gasteiger partial charge in [0, 0.05) is 25.7 Å². The molecule has 146 valence electrons. The first-order valence-corrected chi connectivity index (χ1v) is 9.71. The van der Waals surface area contributed by atoms with Gasteiger partial charge in [0.2, 0.25) is 5.95 Å². The molecule has 0 unspecified atom stereocenters. The highest BCUT2D eigenvalue weighted by Gasteiger charge is 2.34. The molecule has 2 N–H and O–H groups in total. The topological polar surface area (TPSA) is 86.1 Å². The van der Waals surface area contributed by atoms with E-state index < -0.39 is 0 Å². The van der Waals surface area contributed by atoms with E-state index in [4.69, 9.17) is 26.2 Å². The summed E-state index contributed by atoms with van der Waals surface area (Å²) < 4.78 is 13.6. The summed E-state index contributed by atoms with van der Waals surface area (Å²) in [7, 11) is 0. The summed E-state index contributed by atoms with van der Waals surface area (Å²) in [5, 5.41) is 11.9. The van der Waals surface area contributed by atoms with E-state index in [2.05, 4.69) is 39.1 Å². The molecule has 2 bridgehead atoms. The first-order valence-electron chi connectivity index (χ1n) is 9.33. The number of fused-ring (bicyclic) bond motifs is 3. The molecule has 2 aliphatic rings. The molecular weight excluding hydrogens is 368 g/mol. The predicted octanol–water partition coefficient (Wildman–Crippen LogP) is 3.49. The van der Waals surface area contributed by atoms with Crippen LogP contribution in [0.1, 0.15) is 38.8 Å². The summed E-state index contributed by atoms with van der Waals surface area (Å²) >= 11 is 6.24. The fourth-order valence-electron chi connectivity index (χ4n) is 3.55. The van der Waals surface area contributed by atoms with Crippen LogP contribution >= 0.6 is 11.6 Å². The van der Waals surface area contributed by atoms with Crippen molar-refractivity contribution in [3.8, 4) is 5.88 Å². The van der Waals surface area contributed by atoms with Gasteiger partial charge in [-0.3, -0.25) is 4.68 Å². The molecule has 1 fully saturated rings. The molecule has 4 heterocycles. The highest BCUT2D eigenvalue weighted by molar-refractivity contribution is 6.32. The number of nitrogens with one attached hydrogen (secondary N) is 2. The molecule has 27 heavy (non-hydrogen) atoms. The zero-order valence-corrected chi connectivity index (χ0v) is 16.6. The molecule has 0 radical (unpaired) electrons. The molecule has 0 aromatic carbocycles. The number of aromatic nitrogens is 4. The number of nitrogens with zero attached hydrogens (tertiary/aromatic N) is 4. The van der Waals surface area contributed by atoms with Gasteiger partial charge in [-0.1, -0.05) is 11.6 Å². The van der Waals surface area contributed by atoms with E-state index in [-0.39, 0.29) is 11.6 Å². The Morgan fingerprint density at radius 3 is 2.85 bits per heavy atom. The molecule has 1 atom stereocenters. The van der Waals surface area contributed by atoms with Crippen molar-refractivity contribution in [1.82, 2.24) is 19.7 Å². The Hall–Kier alpha value is -2.06. The average Bonchev–Trinajstić information content (AvgIpc) is 2.94. The Morgan fingerprint density at radius 1 is 1.30 bits per heavy atom. The monoisotopic (exact) mass is 392 g/mol. The maximum Gasteiger partial charge on any atom is 0.257 e. The molecule has 2 aliphatic heterocycles. The van der Waals surface area contributed by atoms with Crippen LogP contribution in [0.3, 0.4) is 0 Å². The van der Waals surface area contributed by atoms with Crippen LogP contribution in [0.5, 0.6) is 5.88 Å². The van der Waals surface area contributed by atoms with Crippen molar-refractivity contribution < 1.29 is 9.47 Å². The van der Waals surface area contributed by atoms with Crippen molar-refractivity contribution in [2.75, 3.05) is 30.5 Å². The Bertz CT molecular complexity index is 833. The van der Waals surface area contributed by atoms with E-state index in [1.807, 2.05) is 6.92 Å². The summed E-state index contributed by atoms with van der Waals surface area (Å²) in [5.41, 5.74) is 1.69. The van der Waals surface area contributed by atoms with Crippen LogP contribution in [-0.2, 0) is 10.3 Å². The molecule has 4 rings (SSSR count). The van der Waals surface area contributed by atoms with E-state index in [0.717, 1.165) is 43.9 Å². The summed E-state index contributed by atoms with van der Waals surface area (Å²) in [6.07, 6.45) is 4.23. The molecule has 0 aliphatic carbocycles. The van der Waals surface area contributed by atoms with Crippen molar-refractivity contribution in [3.05, 3.63) is 16.9 Å². The Labute approximate surface area is 163 Å². The standard InChI is InChI=1S/C18H25ClN6O2/c1-11-4-7-27-16-14(22-17-20-10-13(19)15(21-11)23-17)12(2)25(24-16)18(3)5-8-26-9-6-18/h10-11H,4-9H2,1-3H3,(H2,20,21,22,23)/t11-/m1/s1. The smallest absolute Gasteiger partial charge is 0.257 e. The third kappa shape index (κ3) is 3.55. The van der Waals surface area contributed by atoms with Crippen molar-refractivity contribution in [1.29, 1.82) is 0 Å². The number of hydrogen-bond donors (Lipinski definition) is 2. The lowest BCUT2D eigenvalue weighted by atomic mass is 9.92. The van der Waals surface area contributed by atoms with Crippen LogP contribution in [0, 0.1) is 6.92 Å². The van der Waals surface area contributed by atoms with Gasteiger partial charge in [-0.15, -0.1) is 5.10 Å². The quantitative estimate of drug-likeness (QED) is 0.768. The second-order valence-electron chi connectivity index (χ2n) is 7.48. The van der Waals surface area contributed by atoms with E-state index in [0.29, 0.717) is 29.3 Å². The molecule has 2 aromatic rings. The number of ether oxygens (including phenoxy) is 2. The normalized spacial score (nSPS) is 21.9. The fraction of sp³-hybridized carbons (Fsp3) is 0.611. The zero-order valence-electron chi connectivity index (χ0n) is 15.9. The van der Waals surface area contributed by atoms with E-state index in [1.165, 1.54) is 0 Å². The van der Waals surface area contributed by atoms with Crippen LogP contribution in [0.25, 0.3) is 0 Å². The number of anilines is 3. The SMILES string of the molecule is Cc1c2c(nn1C1(C)CCOCC1)OCC[C@@H](C)Nc1nc(ncc1Cl)N2. The minimum Gasteiger partial charge on any atom is -0.475 e. The Balaban J connectivity index is 1.75. The van der Waals surface area contributed by atoms with Gasteiger partial charge in [0.15, 0.2) is 5.82 Å². The summed E-state index contributed by atoms with van der Waals surface area (Å²) in [6, 6.07) is 0.156. The first-order chi connectivity index (χ1) is 13.0. The highest BCUT2D eigenvalue weighted by Crippen LogP contribution is 2.37. The molecule has 9 heteroatoms. The lowest BCUT2D eigenvalue weighted by Gasteiger charge is -2.34. The van der Waals surface area contributed by atoms with Gasteiger partial charge in [-0.25, -0.2) is 4.98 Å². The van der Waals surface area contributed by atoms with E-state index in [9.17, 15) is 0 Å². The largest absolute Gasteiger partial charge is 0.475 e. The van der Waals surface area contributed by atoms with Crippen LogP contribution in [0.4, 0.5) is 17.5 Å². The molecule has 2 aromatic heterocycles. The van der Waals surface area contributed by atoms with Crippen LogP contribution < -0.4 is 15.4 Å². The van der Waals surface area contributed by atoms with Crippen LogP contribution in [-0.4, -0.2) is 45.6 Å². The second kappa shape index (κ2) is 7.16. The molecule has 0 amide bonds. The molecule has 8 nitrogen and oxygen atoms in total. The average molecular weight is 393 g/mol. The maximum atomic E-state index is 6.24. The maximum absolute atomic E-state index is 6.24. The third-order valence-electron chi connectivity index (χ3n) is 5.32. The molecule has 0 spiro atoms. The van der Waals surface area contributed by atoms with Crippen molar-refractivity contribution >= 4 is 29.1 Å². The van der Waals surface area contributed by atoms with Gasteiger partial charge in [0.25, 0.3) is 5.88 Å². The third-order valence-corrected chi connectivity index (χ3v) is 5.60. The summed E-state index contributed by atoms with van der Waals surface area (Å²) in [4.78, 5) is 8.84. The van der Waals surface area contributed by atoms with E-state index >= 15 is 0 Å². The van der Waals surface area contributed by atoms with Crippen molar-refractivity contribution in [2.45, 2.75) is 51.6 Å². The van der Waals surface area contributed by atoms with Gasteiger partial charge < -0.3 is 20.1 Å². The Kier molecular flexibility index (Phi) is 4.86. The lowest BCUT2D eigenvalue weighted by molar-refractivity contribution is 0.0226. The predicted molar refractivity (Wildman–Crippen MR) is 104 cm³/mol. The Morgan fingerprint density at radius 2 is 2.07 bits per heavy atom. The van der Waals surface area contributed by atoms with Gasteiger partial charge in [0.1, 0.15) is 10.7 Å². The van der Waals surface area contributed by atoms with Gasteiger partial charge >= 0.3 is 0 Å². The van der Waals surface area contributed by atoms with Crippen molar-refractivity contribution in [2.24, 2.45) is 0 Å². The van der Waals surface area contributed by atoms with Crippen LogP contribution in [0.2, 0.25) is 5.02 Å². The molecule has 1 saturated heterocycles. The van der Waals surface area contributed by atoms with E-state index in [1.54, 1.807) is 6.20 Å². The summed E-state index contributed by atoms with van der Waals surface area (Å²) in [5.74, 6) is 1.65. The number of halogens is 1. The zero-order chi connectivity index (χ0) is 19.0. The van der Waals surface area contributed by atoms with Gasteiger partial charge in [-0.05, 0) is 33.6 Å². The number of hydrogen-bond acceptors (Lipinski definition) is 7.